The van der Waals surface area contributed by atoms with E-state index in [-0.39, 0.29) is 17.9 Å². The molecule has 1 aromatic carbocycles. The van der Waals surface area contributed by atoms with Gasteiger partial charge in [0.15, 0.2) is 11.5 Å². The molecule has 1 aromatic heterocycles. The Labute approximate surface area is 174 Å². The lowest BCUT2D eigenvalue weighted by atomic mass is 9.94. The van der Waals surface area contributed by atoms with Crippen molar-refractivity contribution in [2.75, 3.05) is 56.3 Å². The van der Waals surface area contributed by atoms with Crippen LogP contribution in [0.25, 0.3) is 0 Å². The molecule has 5 rings (SSSR count). The number of hydrogen-bond acceptors (Lipinski definition) is 8. The minimum atomic E-state index is -0.284. The minimum Gasteiger partial charge on any atom is -0.486 e. The molecule has 0 aliphatic carbocycles. The first-order valence-electron chi connectivity index (χ1n) is 10.3. The molecule has 0 radical (unpaired) electrons. The smallest absolute Gasteiger partial charge is 0.231 e. The monoisotopic (exact) mass is 411 g/mol. The van der Waals surface area contributed by atoms with E-state index in [4.69, 9.17) is 14.2 Å². The third-order valence-electron chi connectivity index (χ3n) is 5.62. The van der Waals surface area contributed by atoms with E-state index in [0.717, 1.165) is 43.3 Å². The number of nitrogens with one attached hydrogen (secondary N) is 3. The lowest BCUT2D eigenvalue weighted by Gasteiger charge is -2.28. The SMILES string of the molecule is O=C(Nc1ccc(N2CCOCC2)cn1)C1CNNC1c1ccc2c(c1)OCCO2. The van der Waals surface area contributed by atoms with Gasteiger partial charge in [0.25, 0.3) is 0 Å². The number of aromatic nitrogens is 1. The van der Waals surface area contributed by atoms with Crippen molar-refractivity contribution in [3.63, 3.8) is 0 Å². The second-order valence-corrected chi connectivity index (χ2v) is 7.50. The molecule has 0 saturated carbocycles. The summed E-state index contributed by atoms with van der Waals surface area (Å²) in [6.07, 6.45) is 1.80. The predicted molar refractivity (Wildman–Crippen MR) is 111 cm³/mol. The molecular weight excluding hydrogens is 386 g/mol. The standard InChI is InChI=1S/C21H25N5O4/c27-21(24-19-4-2-15(12-22-19)26-5-7-28-8-6-26)16-13-23-25-20(16)14-1-3-17-18(11-14)30-10-9-29-17/h1-4,11-12,16,20,23,25H,5-10,13H2,(H,22,24,27). The van der Waals surface area contributed by atoms with Crippen molar-refractivity contribution in [2.45, 2.75) is 6.04 Å². The van der Waals surface area contributed by atoms with E-state index in [9.17, 15) is 4.79 Å². The van der Waals surface area contributed by atoms with Crippen LogP contribution in [0.1, 0.15) is 11.6 Å². The number of nitrogens with zero attached hydrogens (tertiary/aromatic N) is 2. The van der Waals surface area contributed by atoms with Crippen LogP contribution in [0.4, 0.5) is 11.5 Å². The van der Waals surface area contributed by atoms with Crippen molar-refractivity contribution in [1.82, 2.24) is 15.8 Å². The summed E-state index contributed by atoms with van der Waals surface area (Å²) in [5.74, 6) is 1.63. The maximum absolute atomic E-state index is 13.0. The Bertz CT molecular complexity index is 901. The zero-order valence-corrected chi connectivity index (χ0v) is 16.6. The molecule has 2 fully saturated rings. The molecular formula is C21H25N5O4. The van der Waals surface area contributed by atoms with Crippen molar-refractivity contribution in [1.29, 1.82) is 0 Å². The highest BCUT2D eigenvalue weighted by molar-refractivity contribution is 5.92. The highest BCUT2D eigenvalue weighted by Gasteiger charge is 2.35. The van der Waals surface area contributed by atoms with Crippen LogP contribution in [0.2, 0.25) is 0 Å². The van der Waals surface area contributed by atoms with E-state index >= 15 is 0 Å². The minimum absolute atomic E-state index is 0.0842. The number of hydrogen-bond donors (Lipinski definition) is 3. The molecule has 4 heterocycles. The summed E-state index contributed by atoms with van der Waals surface area (Å²) in [6.45, 7) is 4.76. The third kappa shape index (κ3) is 3.91. The van der Waals surface area contributed by atoms with Crippen LogP contribution in [-0.4, -0.2) is 57.0 Å². The summed E-state index contributed by atoms with van der Waals surface area (Å²) < 4.78 is 16.7. The van der Waals surface area contributed by atoms with Gasteiger partial charge in [-0.2, -0.15) is 0 Å². The van der Waals surface area contributed by atoms with Crippen LogP contribution in [0.15, 0.2) is 36.5 Å². The highest BCUT2D eigenvalue weighted by Crippen LogP contribution is 2.35. The molecule has 2 saturated heterocycles. The number of rotatable bonds is 4. The molecule has 2 atom stereocenters. The molecule has 30 heavy (non-hydrogen) atoms. The summed E-state index contributed by atoms with van der Waals surface area (Å²) in [5.41, 5.74) is 8.31. The number of ether oxygens (including phenoxy) is 3. The van der Waals surface area contributed by atoms with Gasteiger partial charge in [-0.05, 0) is 29.8 Å². The highest BCUT2D eigenvalue weighted by atomic mass is 16.6. The summed E-state index contributed by atoms with van der Waals surface area (Å²) in [5, 5.41) is 2.95. The molecule has 3 aliphatic rings. The van der Waals surface area contributed by atoms with Gasteiger partial charge in [-0.25, -0.2) is 10.4 Å². The number of hydrazine groups is 1. The molecule has 2 aromatic rings. The van der Waals surface area contributed by atoms with E-state index in [2.05, 4.69) is 26.1 Å². The Balaban J connectivity index is 1.26. The first-order valence-corrected chi connectivity index (χ1v) is 10.3. The van der Waals surface area contributed by atoms with Crippen molar-refractivity contribution < 1.29 is 19.0 Å². The molecule has 9 heteroatoms. The van der Waals surface area contributed by atoms with Gasteiger partial charge in [-0.1, -0.05) is 6.07 Å². The normalized spacial score (nSPS) is 23.3. The predicted octanol–water partition coefficient (Wildman–Crippen LogP) is 1.09. The summed E-state index contributed by atoms with van der Waals surface area (Å²) >= 11 is 0. The number of morpholine rings is 1. The van der Waals surface area contributed by atoms with E-state index in [1.54, 1.807) is 6.20 Å². The Morgan fingerprint density at radius 1 is 1.07 bits per heavy atom. The Kier molecular flexibility index (Phi) is 5.39. The van der Waals surface area contributed by atoms with E-state index in [0.29, 0.717) is 31.3 Å². The van der Waals surface area contributed by atoms with Crippen molar-refractivity contribution in [3.8, 4) is 11.5 Å². The van der Waals surface area contributed by atoms with E-state index in [1.807, 2.05) is 30.3 Å². The maximum Gasteiger partial charge on any atom is 0.231 e. The van der Waals surface area contributed by atoms with Crippen LogP contribution in [0, 0.1) is 5.92 Å². The quantitative estimate of drug-likeness (QED) is 0.688. The van der Waals surface area contributed by atoms with Crippen LogP contribution in [0.5, 0.6) is 11.5 Å². The van der Waals surface area contributed by atoms with Crippen molar-refractivity contribution in [3.05, 3.63) is 42.1 Å². The first-order chi connectivity index (χ1) is 14.8. The van der Waals surface area contributed by atoms with Gasteiger partial charge in [0.2, 0.25) is 5.91 Å². The fourth-order valence-electron chi connectivity index (χ4n) is 4.00. The fourth-order valence-corrected chi connectivity index (χ4v) is 4.00. The molecule has 158 valence electrons. The van der Waals surface area contributed by atoms with Crippen LogP contribution >= 0.6 is 0 Å². The number of benzene rings is 1. The second-order valence-electron chi connectivity index (χ2n) is 7.50. The van der Waals surface area contributed by atoms with Crippen LogP contribution in [-0.2, 0) is 9.53 Å². The molecule has 3 aliphatic heterocycles. The zero-order valence-electron chi connectivity index (χ0n) is 16.6. The zero-order chi connectivity index (χ0) is 20.3. The molecule has 0 spiro atoms. The Hall–Kier alpha value is -2.88. The largest absolute Gasteiger partial charge is 0.486 e. The summed E-state index contributed by atoms with van der Waals surface area (Å²) in [7, 11) is 0. The van der Waals surface area contributed by atoms with E-state index < -0.39 is 0 Å². The van der Waals surface area contributed by atoms with E-state index in [1.165, 1.54) is 0 Å². The van der Waals surface area contributed by atoms with Crippen molar-refractivity contribution >= 4 is 17.4 Å². The number of pyridine rings is 1. The molecule has 1 amide bonds. The topological polar surface area (TPSA) is 97.0 Å². The van der Waals surface area contributed by atoms with Gasteiger partial charge in [0.1, 0.15) is 19.0 Å². The molecule has 0 bridgehead atoms. The van der Waals surface area contributed by atoms with Gasteiger partial charge in [0, 0.05) is 19.6 Å². The lowest BCUT2D eigenvalue weighted by molar-refractivity contribution is -0.119. The molecule has 3 N–H and O–H groups in total. The van der Waals surface area contributed by atoms with Gasteiger partial charge in [0.05, 0.1) is 37.1 Å². The first kappa shape index (κ1) is 19.1. The number of amides is 1. The summed E-state index contributed by atoms with van der Waals surface area (Å²) in [4.78, 5) is 19.6. The number of anilines is 2. The average molecular weight is 411 g/mol. The Morgan fingerprint density at radius 2 is 1.90 bits per heavy atom. The number of fused-ring (bicyclic) bond motifs is 1. The van der Waals surface area contributed by atoms with Gasteiger partial charge >= 0.3 is 0 Å². The number of carbonyl (C=O) groups is 1. The van der Waals surface area contributed by atoms with Crippen molar-refractivity contribution in [2.24, 2.45) is 5.92 Å². The third-order valence-corrected chi connectivity index (χ3v) is 5.62. The maximum atomic E-state index is 13.0. The van der Waals surface area contributed by atoms with Gasteiger partial charge in [-0.3, -0.25) is 10.2 Å². The van der Waals surface area contributed by atoms with Gasteiger partial charge in [-0.15, -0.1) is 0 Å². The second kappa shape index (κ2) is 8.47. The van der Waals surface area contributed by atoms with Crippen LogP contribution in [0.3, 0.4) is 0 Å². The lowest BCUT2D eigenvalue weighted by Crippen LogP contribution is -2.36. The summed E-state index contributed by atoms with van der Waals surface area (Å²) in [6, 6.07) is 9.45. The average Bonchev–Trinajstić information content (AvgIpc) is 3.30. The van der Waals surface area contributed by atoms with Crippen LogP contribution < -0.4 is 30.5 Å². The Morgan fingerprint density at radius 3 is 2.70 bits per heavy atom. The molecule has 9 nitrogen and oxygen atoms in total. The molecule has 2 unspecified atom stereocenters. The number of carbonyl (C=O) groups excluding carboxylic acids is 1. The fraction of sp³-hybridized carbons (Fsp3) is 0.429. The van der Waals surface area contributed by atoms with Gasteiger partial charge < -0.3 is 24.4 Å².